The van der Waals surface area contributed by atoms with E-state index in [0.717, 1.165) is 6.42 Å². The van der Waals surface area contributed by atoms with Crippen molar-refractivity contribution in [3.63, 3.8) is 0 Å². The first-order valence-electron chi connectivity index (χ1n) is 6.36. The molecule has 3 heteroatoms. The van der Waals surface area contributed by atoms with Crippen LogP contribution in [0.2, 0.25) is 0 Å². The third-order valence-corrected chi connectivity index (χ3v) is 3.73. The second-order valence-electron chi connectivity index (χ2n) is 5.24. The molecular weight excluding hydrogens is 212 g/mol. The summed E-state index contributed by atoms with van der Waals surface area (Å²) in [6, 6.07) is 10.5. The van der Waals surface area contributed by atoms with Crippen LogP contribution in [0.15, 0.2) is 30.3 Å². The number of nitrogens with two attached hydrogens (primary N) is 1. The summed E-state index contributed by atoms with van der Waals surface area (Å²) >= 11 is 0. The number of amides is 1. The van der Waals surface area contributed by atoms with Crippen LogP contribution in [0.5, 0.6) is 0 Å². The Balaban J connectivity index is 1.70. The Bertz CT molecular complexity index is 413. The molecule has 0 bridgehead atoms. The van der Waals surface area contributed by atoms with Gasteiger partial charge in [-0.1, -0.05) is 30.3 Å². The average Bonchev–Trinajstić information content (AvgIpc) is 3.22. The minimum Gasteiger partial charge on any atom is -0.349 e. The van der Waals surface area contributed by atoms with E-state index in [1.54, 1.807) is 0 Å². The van der Waals surface area contributed by atoms with Crippen LogP contribution in [0, 0.1) is 11.8 Å². The Labute approximate surface area is 101 Å². The van der Waals surface area contributed by atoms with Crippen LogP contribution in [-0.4, -0.2) is 11.9 Å². The first-order chi connectivity index (χ1) is 8.25. The van der Waals surface area contributed by atoms with E-state index in [1.807, 2.05) is 18.2 Å². The molecule has 0 aromatic heterocycles. The van der Waals surface area contributed by atoms with Crippen molar-refractivity contribution >= 4 is 5.91 Å². The molecule has 17 heavy (non-hydrogen) atoms. The minimum atomic E-state index is 0.0555. The number of hydrogen-bond donors (Lipinski definition) is 2. The molecule has 3 N–H and O–H groups in total. The zero-order chi connectivity index (χ0) is 11.8. The van der Waals surface area contributed by atoms with Gasteiger partial charge in [-0.25, -0.2) is 0 Å². The van der Waals surface area contributed by atoms with Gasteiger partial charge < -0.3 is 11.1 Å². The zero-order valence-electron chi connectivity index (χ0n) is 9.80. The third kappa shape index (κ3) is 2.34. The molecule has 0 spiro atoms. The van der Waals surface area contributed by atoms with Gasteiger partial charge in [-0.05, 0) is 30.7 Å². The highest BCUT2D eigenvalue weighted by molar-refractivity contribution is 5.82. The molecule has 1 amide bonds. The summed E-state index contributed by atoms with van der Waals surface area (Å²) in [6.45, 7) is 0. The van der Waals surface area contributed by atoms with Crippen LogP contribution in [0.4, 0.5) is 0 Å². The Morgan fingerprint density at radius 3 is 2.47 bits per heavy atom. The van der Waals surface area contributed by atoms with Gasteiger partial charge in [-0.3, -0.25) is 4.79 Å². The molecule has 3 unspecified atom stereocenters. The van der Waals surface area contributed by atoms with E-state index in [1.165, 1.54) is 18.4 Å². The summed E-state index contributed by atoms with van der Waals surface area (Å²) in [5.74, 6) is 0.814. The Kier molecular flexibility index (Phi) is 2.63. The fourth-order valence-corrected chi connectivity index (χ4v) is 2.34. The maximum atomic E-state index is 11.9. The quantitative estimate of drug-likeness (QED) is 0.825. The van der Waals surface area contributed by atoms with Crippen LogP contribution < -0.4 is 11.1 Å². The molecule has 2 saturated carbocycles. The summed E-state index contributed by atoms with van der Waals surface area (Å²) in [5, 5.41) is 3.17. The van der Waals surface area contributed by atoms with E-state index in [-0.39, 0.29) is 23.9 Å². The van der Waals surface area contributed by atoms with Crippen molar-refractivity contribution in [2.45, 2.75) is 31.3 Å². The number of hydrogen-bond acceptors (Lipinski definition) is 2. The highest BCUT2D eigenvalue weighted by atomic mass is 16.2. The number of nitrogens with one attached hydrogen (secondary N) is 1. The summed E-state index contributed by atoms with van der Waals surface area (Å²) in [4.78, 5) is 11.9. The standard InChI is InChI=1S/C14H18N2O/c15-12-8-11(12)14(17)16-13(10-6-7-10)9-4-2-1-3-5-9/h1-5,10-13H,6-8,15H2,(H,16,17). The molecule has 90 valence electrons. The first-order valence-corrected chi connectivity index (χ1v) is 6.36. The zero-order valence-corrected chi connectivity index (χ0v) is 9.80. The fourth-order valence-electron chi connectivity index (χ4n) is 2.34. The molecule has 2 aliphatic rings. The lowest BCUT2D eigenvalue weighted by Crippen LogP contribution is -2.32. The van der Waals surface area contributed by atoms with Crippen LogP contribution in [-0.2, 0) is 4.79 Å². The summed E-state index contributed by atoms with van der Waals surface area (Å²) in [6.07, 6.45) is 3.28. The van der Waals surface area contributed by atoms with Crippen LogP contribution in [0.25, 0.3) is 0 Å². The van der Waals surface area contributed by atoms with Gasteiger partial charge in [0.05, 0.1) is 12.0 Å². The van der Waals surface area contributed by atoms with E-state index < -0.39 is 0 Å². The molecular formula is C14H18N2O. The number of carbonyl (C=O) groups excluding carboxylic acids is 1. The van der Waals surface area contributed by atoms with Gasteiger partial charge in [0.1, 0.15) is 0 Å². The van der Waals surface area contributed by atoms with E-state index >= 15 is 0 Å². The van der Waals surface area contributed by atoms with Crippen molar-refractivity contribution in [1.29, 1.82) is 0 Å². The van der Waals surface area contributed by atoms with Gasteiger partial charge in [0, 0.05) is 6.04 Å². The largest absolute Gasteiger partial charge is 0.349 e. The molecule has 1 aromatic rings. The van der Waals surface area contributed by atoms with Crippen LogP contribution in [0.3, 0.4) is 0 Å². The topological polar surface area (TPSA) is 55.1 Å². The second kappa shape index (κ2) is 4.15. The molecule has 3 nitrogen and oxygen atoms in total. The van der Waals surface area contributed by atoms with Gasteiger partial charge in [0.15, 0.2) is 0 Å². The number of carbonyl (C=O) groups is 1. The molecule has 3 rings (SSSR count). The van der Waals surface area contributed by atoms with Crippen molar-refractivity contribution in [3.05, 3.63) is 35.9 Å². The highest BCUT2D eigenvalue weighted by Crippen LogP contribution is 2.41. The number of benzene rings is 1. The smallest absolute Gasteiger partial charge is 0.225 e. The molecule has 0 aliphatic heterocycles. The monoisotopic (exact) mass is 230 g/mol. The third-order valence-electron chi connectivity index (χ3n) is 3.73. The summed E-state index contributed by atoms with van der Waals surface area (Å²) in [7, 11) is 0. The molecule has 0 radical (unpaired) electrons. The molecule has 0 saturated heterocycles. The Morgan fingerprint density at radius 2 is 1.94 bits per heavy atom. The van der Waals surface area contributed by atoms with Gasteiger partial charge in [-0.15, -0.1) is 0 Å². The molecule has 2 aliphatic carbocycles. The van der Waals surface area contributed by atoms with E-state index in [9.17, 15) is 4.79 Å². The van der Waals surface area contributed by atoms with Crippen LogP contribution >= 0.6 is 0 Å². The summed E-state index contributed by atoms with van der Waals surface area (Å²) < 4.78 is 0. The Hall–Kier alpha value is -1.35. The molecule has 2 fully saturated rings. The van der Waals surface area contributed by atoms with E-state index in [2.05, 4.69) is 17.4 Å². The lowest BCUT2D eigenvalue weighted by molar-refractivity contribution is -0.123. The highest BCUT2D eigenvalue weighted by Gasteiger charge is 2.42. The maximum absolute atomic E-state index is 11.9. The predicted molar refractivity (Wildman–Crippen MR) is 66.1 cm³/mol. The average molecular weight is 230 g/mol. The van der Waals surface area contributed by atoms with Crippen molar-refractivity contribution in [1.82, 2.24) is 5.32 Å². The van der Waals surface area contributed by atoms with Crippen molar-refractivity contribution in [3.8, 4) is 0 Å². The lowest BCUT2D eigenvalue weighted by Gasteiger charge is -2.18. The Morgan fingerprint density at radius 1 is 1.29 bits per heavy atom. The van der Waals surface area contributed by atoms with E-state index in [4.69, 9.17) is 5.73 Å². The first kappa shape index (κ1) is 10.8. The van der Waals surface area contributed by atoms with E-state index in [0.29, 0.717) is 5.92 Å². The summed E-state index contributed by atoms with van der Waals surface area (Å²) in [5.41, 5.74) is 6.93. The lowest BCUT2D eigenvalue weighted by atomic mass is 10.0. The minimum absolute atomic E-state index is 0.0555. The normalized spacial score (nSPS) is 28.5. The van der Waals surface area contributed by atoms with Crippen molar-refractivity contribution in [2.24, 2.45) is 17.6 Å². The second-order valence-corrected chi connectivity index (χ2v) is 5.24. The maximum Gasteiger partial charge on any atom is 0.225 e. The van der Waals surface area contributed by atoms with Gasteiger partial charge >= 0.3 is 0 Å². The molecule has 0 heterocycles. The van der Waals surface area contributed by atoms with Crippen molar-refractivity contribution in [2.75, 3.05) is 0 Å². The van der Waals surface area contributed by atoms with Crippen LogP contribution in [0.1, 0.15) is 30.9 Å². The molecule has 1 aromatic carbocycles. The van der Waals surface area contributed by atoms with Gasteiger partial charge in [0.2, 0.25) is 5.91 Å². The van der Waals surface area contributed by atoms with Crippen molar-refractivity contribution < 1.29 is 4.79 Å². The fraction of sp³-hybridized carbons (Fsp3) is 0.500. The SMILES string of the molecule is NC1CC1C(=O)NC(c1ccccc1)C1CC1. The van der Waals surface area contributed by atoms with Gasteiger partial charge in [-0.2, -0.15) is 0 Å². The predicted octanol–water partition coefficient (Wildman–Crippen LogP) is 1.60. The van der Waals surface area contributed by atoms with Gasteiger partial charge in [0.25, 0.3) is 0 Å². The molecule has 3 atom stereocenters. The number of rotatable bonds is 4.